The number of hydrogen-bond acceptors (Lipinski definition) is 5. The third-order valence-electron chi connectivity index (χ3n) is 7.01. The first-order chi connectivity index (χ1) is 18.4. The van der Waals surface area contributed by atoms with Crippen molar-refractivity contribution in [1.29, 1.82) is 0 Å². The highest BCUT2D eigenvalue weighted by Crippen LogP contribution is 2.27. The summed E-state index contributed by atoms with van der Waals surface area (Å²) in [6, 6.07) is 26.2. The number of para-hydroxylation sites is 2. The van der Waals surface area contributed by atoms with Crippen LogP contribution in [0.4, 0.5) is 11.4 Å². The maximum Gasteiger partial charge on any atom is 0.297 e. The first kappa shape index (κ1) is 25.1. The van der Waals surface area contributed by atoms with E-state index in [9.17, 15) is 9.59 Å². The molecular formula is C30H30N6O2. The Labute approximate surface area is 221 Å². The van der Waals surface area contributed by atoms with E-state index in [4.69, 9.17) is 0 Å². The van der Waals surface area contributed by atoms with Crippen molar-refractivity contribution in [3.05, 3.63) is 112 Å². The minimum atomic E-state index is -0.491. The molecule has 3 aromatic carbocycles. The molecule has 0 radical (unpaired) electrons. The van der Waals surface area contributed by atoms with Gasteiger partial charge in [0.05, 0.1) is 23.1 Å². The predicted molar refractivity (Wildman–Crippen MR) is 152 cm³/mol. The molecule has 8 heteroatoms. The molecule has 192 valence electrons. The van der Waals surface area contributed by atoms with Crippen LogP contribution in [0.5, 0.6) is 0 Å². The molecule has 2 heterocycles. The molecule has 0 spiro atoms. The van der Waals surface area contributed by atoms with Crippen molar-refractivity contribution >= 4 is 29.7 Å². The van der Waals surface area contributed by atoms with Gasteiger partial charge in [0.25, 0.3) is 11.5 Å². The molecule has 8 nitrogen and oxygen atoms in total. The molecule has 0 saturated carbocycles. The number of likely N-dealkylation sites (N-methyl/N-ethyl adjacent to an activating group) is 1. The normalized spacial score (nSPS) is 18.3. The van der Waals surface area contributed by atoms with Crippen molar-refractivity contribution in [3.63, 3.8) is 0 Å². The summed E-state index contributed by atoms with van der Waals surface area (Å²) < 4.78 is 3.43. The van der Waals surface area contributed by atoms with Crippen LogP contribution in [0.3, 0.4) is 0 Å². The number of carbonyl (C=O) groups excluding carboxylic acids is 1. The SMILES string of the molecule is Cc1c(N=Cc2ccc(C=N[C@@H]3C(=O)N(c4ccccc4)N(C)[C@@H]3C)cc2)c(=O)n(-c2ccccc2)n1C. The van der Waals surface area contributed by atoms with Gasteiger partial charge in [-0.15, -0.1) is 0 Å². The number of aliphatic imine (C=N–C) groups is 2. The van der Waals surface area contributed by atoms with E-state index in [1.165, 1.54) is 0 Å². The molecule has 1 aliphatic rings. The molecule has 38 heavy (non-hydrogen) atoms. The summed E-state index contributed by atoms with van der Waals surface area (Å²) in [5.41, 5.74) is 4.38. The fraction of sp³-hybridized carbons (Fsp3) is 0.200. The van der Waals surface area contributed by atoms with E-state index in [0.717, 1.165) is 28.2 Å². The van der Waals surface area contributed by atoms with Gasteiger partial charge >= 0.3 is 0 Å². The number of hydrogen-bond donors (Lipinski definition) is 0. The highest BCUT2D eigenvalue weighted by atomic mass is 16.2. The van der Waals surface area contributed by atoms with Crippen LogP contribution in [0.2, 0.25) is 0 Å². The fourth-order valence-corrected chi connectivity index (χ4v) is 4.62. The lowest BCUT2D eigenvalue weighted by Gasteiger charge is -2.26. The Morgan fingerprint density at radius 3 is 1.92 bits per heavy atom. The number of carbonyl (C=O) groups is 1. The van der Waals surface area contributed by atoms with Crippen molar-refractivity contribution in [2.45, 2.75) is 25.9 Å². The summed E-state index contributed by atoms with van der Waals surface area (Å²) in [5.74, 6) is -0.0504. The van der Waals surface area contributed by atoms with E-state index in [1.54, 1.807) is 22.1 Å². The molecule has 0 N–H and O–H groups in total. The molecule has 1 amide bonds. The number of aromatic nitrogens is 2. The number of amides is 1. The Balaban J connectivity index is 1.31. The van der Waals surface area contributed by atoms with Gasteiger partial charge in [-0.25, -0.2) is 19.7 Å². The first-order valence-electron chi connectivity index (χ1n) is 12.5. The summed E-state index contributed by atoms with van der Waals surface area (Å²) >= 11 is 0. The number of hydrazine groups is 1. The molecule has 5 rings (SSSR count). The van der Waals surface area contributed by atoms with Gasteiger partial charge in [-0.1, -0.05) is 60.7 Å². The van der Waals surface area contributed by atoms with Crippen LogP contribution in [0.1, 0.15) is 23.7 Å². The van der Waals surface area contributed by atoms with Gasteiger partial charge in [-0.2, -0.15) is 0 Å². The first-order valence-corrected chi connectivity index (χ1v) is 12.5. The number of rotatable bonds is 6. The van der Waals surface area contributed by atoms with E-state index in [0.29, 0.717) is 5.69 Å². The van der Waals surface area contributed by atoms with E-state index in [1.807, 2.05) is 123 Å². The lowest BCUT2D eigenvalue weighted by atomic mass is 10.1. The third-order valence-corrected chi connectivity index (χ3v) is 7.01. The largest absolute Gasteiger partial charge is 0.297 e. The summed E-state index contributed by atoms with van der Waals surface area (Å²) in [5, 5.41) is 3.61. The van der Waals surface area contributed by atoms with Gasteiger partial charge in [-0.3, -0.25) is 19.3 Å². The minimum absolute atomic E-state index is 0.0504. The van der Waals surface area contributed by atoms with Gasteiger partial charge < -0.3 is 0 Å². The highest BCUT2D eigenvalue weighted by Gasteiger charge is 2.42. The Morgan fingerprint density at radius 2 is 1.32 bits per heavy atom. The molecular weight excluding hydrogens is 476 g/mol. The van der Waals surface area contributed by atoms with Crippen LogP contribution in [0.25, 0.3) is 5.69 Å². The van der Waals surface area contributed by atoms with Crippen molar-refractivity contribution in [2.75, 3.05) is 12.1 Å². The van der Waals surface area contributed by atoms with E-state index in [2.05, 4.69) is 9.98 Å². The molecule has 1 aliphatic heterocycles. The molecule has 1 fully saturated rings. The average molecular weight is 507 g/mol. The standard InChI is InChI=1S/C30H30N6O2/c1-21-27(29(37)35(33(21)3)25-11-7-5-8-12-25)31-19-23-15-17-24(18-16-23)20-32-28-22(2)34(4)36(30(28)38)26-13-9-6-10-14-26/h5-21,27H,1-4H3/t21-,27+/m1/s1. The third kappa shape index (κ3) is 4.62. The Hall–Kier alpha value is -4.56. The van der Waals surface area contributed by atoms with Crippen LogP contribution in [-0.4, -0.2) is 51.8 Å². The van der Waals surface area contributed by atoms with Gasteiger partial charge in [-0.05, 0) is 49.2 Å². The zero-order valence-electron chi connectivity index (χ0n) is 21.9. The number of anilines is 1. The lowest BCUT2D eigenvalue weighted by Crippen LogP contribution is -2.38. The Morgan fingerprint density at radius 1 is 0.763 bits per heavy atom. The monoisotopic (exact) mass is 506 g/mol. The van der Waals surface area contributed by atoms with Gasteiger partial charge in [0.15, 0.2) is 5.69 Å². The minimum Gasteiger partial charge on any atom is -0.283 e. The van der Waals surface area contributed by atoms with Gasteiger partial charge in [0.1, 0.15) is 6.04 Å². The molecule has 1 aromatic heterocycles. The predicted octanol–water partition coefficient (Wildman–Crippen LogP) is 4.30. The van der Waals surface area contributed by atoms with Crippen LogP contribution < -0.4 is 10.6 Å². The zero-order chi connectivity index (χ0) is 26.8. The van der Waals surface area contributed by atoms with Crippen LogP contribution >= 0.6 is 0 Å². The lowest BCUT2D eigenvalue weighted by molar-refractivity contribution is -0.118. The maximum atomic E-state index is 13.1. The van der Waals surface area contributed by atoms with E-state index < -0.39 is 6.04 Å². The highest BCUT2D eigenvalue weighted by molar-refractivity contribution is 6.00. The second-order valence-corrected chi connectivity index (χ2v) is 9.36. The topological polar surface area (TPSA) is 75.2 Å². The molecule has 0 aliphatic carbocycles. The molecule has 2 atom stereocenters. The van der Waals surface area contributed by atoms with Crippen molar-refractivity contribution < 1.29 is 4.79 Å². The number of nitrogens with zero attached hydrogens (tertiary/aromatic N) is 6. The molecule has 0 unspecified atom stereocenters. The van der Waals surface area contributed by atoms with Gasteiger partial charge in [0.2, 0.25) is 0 Å². The van der Waals surface area contributed by atoms with Crippen LogP contribution in [0, 0.1) is 6.92 Å². The van der Waals surface area contributed by atoms with Gasteiger partial charge in [0, 0.05) is 26.5 Å². The summed E-state index contributed by atoms with van der Waals surface area (Å²) in [6.07, 6.45) is 3.43. The second kappa shape index (κ2) is 10.4. The van der Waals surface area contributed by atoms with Crippen molar-refractivity contribution in [2.24, 2.45) is 17.0 Å². The maximum absolute atomic E-state index is 13.1. The zero-order valence-corrected chi connectivity index (χ0v) is 21.9. The smallest absolute Gasteiger partial charge is 0.283 e. The van der Waals surface area contributed by atoms with Crippen molar-refractivity contribution in [1.82, 2.24) is 14.4 Å². The molecule has 0 bridgehead atoms. The summed E-state index contributed by atoms with van der Waals surface area (Å²) in [7, 11) is 3.76. The number of benzene rings is 3. The summed E-state index contributed by atoms with van der Waals surface area (Å²) in [4.78, 5) is 35.3. The summed E-state index contributed by atoms with van der Waals surface area (Å²) in [6.45, 7) is 3.88. The molecule has 1 saturated heterocycles. The Kier molecular flexibility index (Phi) is 6.89. The second-order valence-electron chi connectivity index (χ2n) is 9.36. The van der Waals surface area contributed by atoms with E-state index >= 15 is 0 Å². The van der Waals surface area contributed by atoms with E-state index in [-0.39, 0.29) is 17.5 Å². The van der Waals surface area contributed by atoms with Crippen LogP contribution in [0.15, 0.2) is 99.7 Å². The molecule has 4 aromatic rings. The quantitative estimate of drug-likeness (QED) is 0.366. The van der Waals surface area contributed by atoms with Crippen molar-refractivity contribution in [3.8, 4) is 5.69 Å². The Bertz CT molecular complexity index is 1550. The van der Waals surface area contributed by atoms with Crippen LogP contribution in [-0.2, 0) is 11.8 Å². The fourth-order valence-electron chi connectivity index (χ4n) is 4.62. The average Bonchev–Trinajstić information content (AvgIpc) is 3.29.